The number of halogens is 1. The summed E-state index contributed by atoms with van der Waals surface area (Å²) in [6.45, 7) is 1.96. The Morgan fingerprint density at radius 1 is 1.35 bits per heavy atom. The molecule has 4 heteroatoms. The number of rotatable bonds is 2. The third kappa shape index (κ3) is 2.07. The first-order valence-corrected chi connectivity index (χ1v) is 6.79. The van der Waals surface area contributed by atoms with E-state index in [0.717, 1.165) is 18.5 Å². The lowest BCUT2D eigenvalue weighted by atomic mass is 10.1. The molecule has 1 aliphatic carbocycles. The zero-order chi connectivity index (χ0) is 14.1. The number of hydrogen-bond acceptors (Lipinski definition) is 2. The highest BCUT2D eigenvalue weighted by molar-refractivity contribution is 5.79. The molecule has 1 aliphatic rings. The van der Waals surface area contributed by atoms with Crippen LogP contribution in [0.5, 0.6) is 0 Å². The molecular formula is C16H15FN2O. The van der Waals surface area contributed by atoms with Gasteiger partial charge in [0.05, 0.1) is 10.9 Å². The zero-order valence-corrected chi connectivity index (χ0v) is 11.3. The quantitative estimate of drug-likeness (QED) is 0.839. The van der Waals surface area contributed by atoms with Gasteiger partial charge in [0.15, 0.2) is 0 Å². The average Bonchev–Trinajstić information content (AvgIpc) is 2.48. The molecule has 0 spiro atoms. The number of hydrogen-bond donors (Lipinski definition) is 0. The maximum absolute atomic E-state index is 13.4. The molecule has 2 aromatic rings. The number of aromatic nitrogens is 2. The van der Waals surface area contributed by atoms with Gasteiger partial charge in [0.25, 0.3) is 5.56 Å². The molecule has 0 bridgehead atoms. The summed E-state index contributed by atoms with van der Waals surface area (Å²) in [4.78, 5) is 17.1. The summed E-state index contributed by atoms with van der Waals surface area (Å²) in [5.74, 6) is 0.285. The minimum atomic E-state index is -0.416. The van der Waals surface area contributed by atoms with Gasteiger partial charge in [-0.05, 0) is 37.1 Å². The van der Waals surface area contributed by atoms with Crippen LogP contribution in [-0.4, -0.2) is 9.55 Å². The fourth-order valence-electron chi connectivity index (χ4n) is 2.47. The average molecular weight is 270 g/mol. The monoisotopic (exact) mass is 270 g/mol. The molecule has 20 heavy (non-hydrogen) atoms. The van der Waals surface area contributed by atoms with Crippen molar-refractivity contribution in [3.63, 3.8) is 0 Å². The summed E-state index contributed by atoms with van der Waals surface area (Å²) in [5, 5.41) is 0.321. The van der Waals surface area contributed by atoms with Gasteiger partial charge in [-0.15, -0.1) is 0 Å². The lowest BCUT2D eigenvalue weighted by Gasteiger charge is -2.15. The normalized spacial score (nSPS) is 14.6. The van der Waals surface area contributed by atoms with Crippen molar-refractivity contribution in [2.24, 2.45) is 0 Å². The van der Waals surface area contributed by atoms with Crippen LogP contribution in [0.3, 0.4) is 0 Å². The third-order valence-electron chi connectivity index (χ3n) is 3.45. The summed E-state index contributed by atoms with van der Waals surface area (Å²) in [7, 11) is 0. The van der Waals surface area contributed by atoms with Gasteiger partial charge in [-0.1, -0.05) is 19.1 Å². The topological polar surface area (TPSA) is 34.9 Å². The van der Waals surface area contributed by atoms with E-state index in [1.54, 1.807) is 10.6 Å². The molecule has 1 aromatic heterocycles. The molecule has 1 heterocycles. The van der Waals surface area contributed by atoms with Crippen LogP contribution >= 0.6 is 0 Å². The molecule has 0 saturated heterocycles. The van der Waals surface area contributed by atoms with E-state index in [-0.39, 0.29) is 5.56 Å². The molecule has 0 fully saturated rings. The summed E-state index contributed by atoms with van der Waals surface area (Å²) >= 11 is 0. The molecule has 3 rings (SSSR count). The van der Waals surface area contributed by atoms with Crippen LogP contribution in [0.2, 0.25) is 0 Å². The van der Waals surface area contributed by atoms with Gasteiger partial charge < -0.3 is 0 Å². The number of benzene rings is 1. The highest BCUT2D eigenvalue weighted by Crippen LogP contribution is 2.18. The van der Waals surface area contributed by atoms with E-state index in [1.165, 1.54) is 12.1 Å². The van der Waals surface area contributed by atoms with Crippen molar-refractivity contribution in [2.45, 2.75) is 26.2 Å². The Kier molecular flexibility index (Phi) is 3.22. The highest BCUT2D eigenvalue weighted by Gasteiger charge is 2.13. The lowest BCUT2D eigenvalue weighted by Crippen LogP contribution is -2.24. The van der Waals surface area contributed by atoms with Crippen molar-refractivity contribution < 1.29 is 4.39 Å². The van der Waals surface area contributed by atoms with Crippen LogP contribution in [-0.2, 0) is 6.42 Å². The number of allylic oxidation sites excluding steroid dienone is 4. The Hall–Kier alpha value is -2.23. The van der Waals surface area contributed by atoms with Crippen LogP contribution < -0.4 is 5.56 Å². The van der Waals surface area contributed by atoms with Crippen LogP contribution in [0.25, 0.3) is 16.6 Å². The van der Waals surface area contributed by atoms with Gasteiger partial charge in [-0.25, -0.2) is 9.37 Å². The van der Waals surface area contributed by atoms with Crippen molar-refractivity contribution in [2.75, 3.05) is 0 Å². The minimum absolute atomic E-state index is 0.204. The van der Waals surface area contributed by atoms with Crippen molar-refractivity contribution in [3.05, 3.63) is 58.4 Å². The summed E-state index contributed by atoms with van der Waals surface area (Å²) < 4.78 is 15.0. The number of nitrogens with zero attached hydrogens (tertiary/aromatic N) is 2. The van der Waals surface area contributed by atoms with Gasteiger partial charge in [-0.2, -0.15) is 0 Å². The van der Waals surface area contributed by atoms with Gasteiger partial charge in [0, 0.05) is 12.1 Å². The van der Waals surface area contributed by atoms with Gasteiger partial charge in [-0.3, -0.25) is 9.36 Å². The standard InChI is InChI=1S/C16H15FN2O/c1-2-15-18-14-9-8-11(17)10-13(14)16(20)19(15)12-6-4-3-5-7-12/h4,6-10H,2-3,5H2,1H3. The smallest absolute Gasteiger partial charge is 0.266 e. The van der Waals surface area contributed by atoms with Crippen LogP contribution in [0, 0.1) is 5.82 Å². The van der Waals surface area contributed by atoms with Crippen molar-refractivity contribution in [1.82, 2.24) is 9.55 Å². The fraction of sp³-hybridized carbons (Fsp3) is 0.250. The Bertz CT molecular complexity index is 787. The molecule has 0 atom stereocenters. The molecule has 0 saturated carbocycles. The van der Waals surface area contributed by atoms with Gasteiger partial charge >= 0.3 is 0 Å². The molecule has 102 valence electrons. The first-order chi connectivity index (χ1) is 9.70. The summed E-state index contributed by atoms with van der Waals surface area (Å²) in [6, 6.07) is 4.15. The molecule has 0 N–H and O–H groups in total. The lowest BCUT2D eigenvalue weighted by molar-refractivity contribution is 0.629. The first kappa shape index (κ1) is 12.8. The van der Waals surface area contributed by atoms with E-state index in [2.05, 4.69) is 4.98 Å². The predicted molar refractivity (Wildman–Crippen MR) is 78.0 cm³/mol. The molecular weight excluding hydrogens is 255 g/mol. The van der Waals surface area contributed by atoms with E-state index < -0.39 is 5.82 Å². The maximum atomic E-state index is 13.4. The Balaban J connectivity index is 2.35. The van der Waals surface area contributed by atoms with Crippen molar-refractivity contribution in [3.8, 4) is 0 Å². The zero-order valence-electron chi connectivity index (χ0n) is 11.3. The van der Waals surface area contributed by atoms with Crippen molar-refractivity contribution in [1.29, 1.82) is 0 Å². The van der Waals surface area contributed by atoms with E-state index in [1.807, 2.05) is 25.2 Å². The fourth-order valence-corrected chi connectivity index (χ4v) is 2.47. The predicted octanol–water partition coefficient (Wildman–Crippen LogP) is 3.29. The Morgan fingerprint density at radius 3 is 2.90 bits per heavy atom. The molecule has 0 unspecified atom stereocenters. The Labute approximate surface area is 116 Å². The minimum Gasteiger partial charge on any atom is -0.268 e. The van der Waals surface area contributed by atoms with Gasteiger partial charge in [0.1, 0.15) is 11.6 Å². The van der Waals surface area contributed by atoms with Crippen molar-refractivity contribution >= 4 is 16.6 Å². The summed E-state index contributed by atoms with van der Waals surface area (Å²) in [5.41, 5.74) is 1.17. The second-order valence-electron chi connectivity index (χ2n) is 4.79. The second-order valence-corrected chi connectivity index (χ2v) is 4.79. The Morgan fingerprint density at radius 2 is 2.20 bits per heavy atom. The SMILES string of the molecule is CCc1nc2ccc(F)cc2c(=O)n1C1=CCCC=C1. The van der Waals surface area contributed by atoms with Crippen LogP contribution in [0.1, 0.15) is 25.6 Å². The summed E-state index contributed by atoms with van der Waals surface area (Å²) in [6.07, 6.45) is 8.52. The van der Waals surface area contributed by atoms with Gasteiger partial charge in [0.2, 0.25) is 0 Å². The van der Waals surface area contributed by atoms with E-state index in [9.17, 15) is 9.18 Å². The maximum Gasteiger partial charge on any atom is 0.266 e. The molecule has 1 aromatic carbocycles. The number of fused-ring (bicyclic) bond motifs is 1. The molecule has 0 radical (unpaired) electrons. The van der Waals surface area contributed by atoms with Crippen LogP contribution in [0.4, 0.5) is 4.39 Å². The second kappa shape index (κ2) is 5.04. The molecule has 0 aliphatic heterocycles. The highest BCUT2D eigenvalue weighted by atomic mass is 19.1. The third-order valence-corrected chi connectivity index (χ3v) is 3.45. The van der Waals surface area contributed by atoms with Crippen LogP contribution in [0.15, 0.2) is 41.2 Å². The van der Waals surface area contributed by atoms with E-state index in [4.69, 9.17) is 0 Å². The number of aryl methyl sites for hydroxylation is 1. The molecule has 0 amide bonds. The van der Waals surface area contributed by atoms with E-state index in [0.29, 0.717) is 23.1 Å². The van der Waals surface area contributed by atoms with E-state index >= 15 is 0 Å². The first-order valence-electron chi connectivity index (χ1n) is 6.79. The largest absolute Gasteiger partial charge is 0.268 e. The molecule has 3 nitrogen and oxygen atoms in total.